The van der Waals surface area contributed by atoms with Crippen LogP contribution in [0.1, 0.15) is 13.8 Å². The molecule has 0 N–H and O–H groups in total. The van der Waals surface area contributed by atoms with Gasteiger partial charge in [0.2, 0.25) is 0 Å². The van der Waals surface area contributed by atoms with Crippen molar-refractivity contribution in [3.8, 4) is 11.1 Å². The van der Waals surface area contributed by atoms with Crippen LogP contribution in [-0.4, -0.2) is 43.0 Å². The van der Waals surface area contributed by atoms with Crippen LogP contribution in [-0.2, 0) is 4.79 Å². The fourth-order valence-electron chi connectivity index (χ4n) is 3.46. The molecule has 0 radical (unpaired) electrons. The largest absolute Gasteiger partial charge is 0.345 e. The fourth-order valence-corrected chi connectivity index (χ4v) is 3.46. The molecule has 4 heteroatoms. The number of hydrogen-bond acceptors (Lipinski definition) is 3. The molecule has 0 spiro atoms. The number of para-hydroxylation sites is 1. The smallest absolute Gasteiger partial charge is 0.252 e. The van der Waals surface area contributed by atoms with Gasteiger partial charge in [-0.3, -0.25) is 9.80 Å². The van der Waals surface area contributed by atoms with Crippen molar-refractivity contribution in [2.45, 2.75) is 19.9 Å². The molecular weight excluding hydrogens is 310 g/mol. The normalized spacial score (nSPS) is 18.0. The SMILES string of the molecule is CC1=C(C(=O)N(C)C)C(C)N(C)N1c1ccccc1-c1ccccc1. The van der Waals surface area contributed by atoms with E-state index in [-0.39, 0.29) is 11.9 Å². The quantitative estimate of drug-likeness (QED) is 0.854. The molecule has 1 atom stereocenters. The van der Waals surface area contributed by atoms with Gasteiger partial charge in [0.15, 0.2) is 0 Å². The second kappa shape index (κ2) is 6.73. The van der Waals surface area contributed by atoms with Gasteiger partial charge < -0.3 is 4.90 Å². The van der Waals surface area contributed by atoms with Crippen LogP contribution >= 0.6 is 0 Å². The number of benzene rings is 2. The molecular formula is C21H25N3O. The van der Waals surface area contributed by atoms with Crippen LogP contribution in [0, 0.1) is 0 Å². The van der Waals surface area contributed by atoms with E-state index in [2.05, 4.69) is 47.3 Å². The molecule has 1 amide bonds. The van der Waals surface area contributed by atoms with Crippen molar-refractivity contribution in [1.29, 1.82) is 0 Å². The lowest BCUT2D eigenvalue weighted by Gasteiger charge is -2.32. The number of hydrazine groups is 1. The molecule has 0 aliphatic carbocycles. The van der Waals surface area contributed by atoms with E-state index in [1.165, 1.54) is 5.56 Å². The average molecular weight is 335 g/mol. The Balaban J connectivity index is 2.13. The van der Waals surface area contributed by atoms with Gasteiger partial charge in [0.05, 0.1) is 17.3 Å². The average Bonchev–Trinajstić information content (AvgIpc) is 2.84. The third kappa shape index (κ3) is 2.94. The molecule has 1 aliphatic rings. The van der Waals surface area contributed by atoms with Crippen LogP contribution in [0.25, 0.3) is 11.1 Å². The van der Waals surface area contributed by atoms with E-state index in [4.69, 9.17) is 0 Å². The van der Waals surface area contributed by atoms with Crippen molar-refractivity contribution in [3.63, 3.8) is 0 Å². The van der Waals surface area contributed by atoms with E-state index in [9.17, 15) is 4.79 Å². The number of likely N-dealkylation sites (N-methyl/N-ethyl adjacent to an activating group) is 2. The van der Waals surface area contributed by atoms with Gasteiger partial charge in [-0.2, -0.15) is 0 Å². The molecule has 0 bridgehead atoms. The molecule has 1 unspecified atom stereocenters. The molecule has 2 aromatic rings. The number of amides is 1. The monoisotopic (exact) mass is 335 g/mol. The number of rotatable bonds is 3. The van der Waals surface area contributed by atoms with Crippen LogP contribution in [0.2, 0.25) is 0 Å². The molecule has 0 fully saturated rings. The highest BCUT2D eigenvalue weighted by molar-refractivity contribution is 5.97. The first-order chi connectivity index (χ1) is 11.9. The third-order valence-corrected chi connectivity index (χ3v) is 4.85. The minimum Gasteiger partial charge on any atom is -0.345 e. The molecule has 0 saturated carbocycles. The van der Waals surface area contributed by atoms with E-state index < -0.39 is 0 Å². The topological polar surface area (TPSA) is 26.8 Å². The van der Waals surface area contributed by atoms with Gasteiger partial charge in [-0.1, -0.05) is 48.5 Å². The molecule has 3 rings (SSSR count). The van der Waals surface area contributed by atoms with Crippen molar-refractivity contribution >= 4 is 11.6 Å². The van der Waals surface area contributed by atoms with Crippen molar-refractivity contribution in [2.24, 2.45) is 0 Å². The van der Waals surface area contributed by atoms with Gasteiger partial charge in [0.1, 0.15) is 0 Å². The van der Waals surface area contributed by atoms with E-state index in [1.54, 1.807) is 19.0 Å². The molecule has 25 heavy (non-hydrogen) atoms. The first kappa shape index (κ1) is 17.2. The van der Waals surface area contributed by atoms with Gasteiger partial charge >= 0.3 is 0 Å². The third-order valence-electron chi connectivity index (χ3n) is 4.85. The number of hydrogen-bond donors (Lipinski definition) is 0. The summed E-state index contributed by atoms with van der Waals surface area (Å²) in [5.74, 6) is 0.0662. The fraction of sp³-hybridized carbons (Fsp3) is 0.286. The summed E-state index contributed by atoms with van der Waals surface area (Å²) in [6.45, 7) is 4.10. The summed E-state index contributed by atoms with van der Waals surface area (Å²) in [5, 5.41) is 4.29. The minimum atomic E-state index is 0.0266. The Kier molecular flexibility index (Phi) is 4.64. The van der Waals surface area contributed by atoms with Gasteiger partial charge in [-0.15, -0.1) is 0 Å². The highest BCUT2D eigenvalue weighted by Crippen LogP contribution is 2.39. The number of carbonyl (C=O) groups excluding carboxylic acids is 1. The molecule has 2 aromatic carbocycles. The number of anilines is 1. The maximum Gasteiger partial charge on any atom is 0.252 e. The predicted molar refractivity (Wildman–Crippen MR) is 103 cm³/mol. The molecule has 4 nitrogen and oxygen atoms in total. The highest BCUT2D eigenvalue weighted by atomic mass is 16.2. The van der Waals surface area contributed by atoms with Crippen LogP contribution < -0.4 is 5.01 Å². The van der Waals surface area contributed by atoms with Crippen LogP contribution in [0.15, 0.2) is 65.9 Å². The molecule has 1 aliphatic heterocycles. The zero-order valence-corrected chi connectivity index (χ0v) is 15.5. The van der Waals surface area contributed by atoms with Crippen LogP contribution in [0.4, 0.5) is 5.69 Å². The Morgan fingerprint density at radius 3 is 2.24 bits per heavy atom. The molecule has 130 valence electrons. The summed E-state index contributed by atoms with van der Waals surface area (Å²) < 4.78 is 0. The van der Waals surface area contributed by atoms with Gasteiger partial charge in [-0.25, -0.2) is 5.01 Å². The number of nitrogens with zero attached hydrogens (tertiary/aromatic N) is 3. The van der Waals surface area contributed by atoms with Gasteiger partial charge in [0, 0.05) is 32.4 Å². The number of carbonyl (C=O) groups is 1. The number of allylic oxidation sites excluding steroid dienone is 1. The van der Waals surface area contributed by atoms with Gasteiger partial charge in [0.25, 0.3) is 5.91 Å². The summed E-state index contributed by atoms with van der Waals surface area (Å²) in [6.07, 6.45) is 0. The zero-order valence-electron chi connectivity index (χ0n) is 15.5. The van der Waals surface area contributed by atoms with Crippen molar-refractivity contribution in [2.75, 3.05) is 26.2 Å². The van der Waals surface area contributed by atoms with Crippen LogP contribution in [0.5, 0.6) is 0 Å². The Labute approximate surface area is 149 Å². The molecule has 1 heterocycles. The van der Waals surface area contributed by atoms with E-state index >= 15 is 0 Å². The zero-order chi connectivity index (χ0) is 18.1. The molecule has 0 saturated heterocycles. The predicted octanol–water partition coefficient (Wildman–Crippen LogP) is 3.77. The summed E-state index contributed by atoms with van der Waals surface area (Å²) in [5.41, 5.74) is 5.23. The first-order valence-electron chi connectivity index (χ1n) is 8.53. The second-order valence-electron chi connectivity index (χ2n) is 6.64. The van der Waals surface area contributed by atoms with E-state index in [1.807, 2.05) is 38.2 Å². The highest BCUT2D eigenvalue weighted by Gasteiger charge is 2.37. The summed E-state index contributed by atoms with van der Waals surface area (Å²) in [4.78, 5) is 14.3. The lowest BCUT2D eigenvalue weighted by Crippen LogP contribution is -2.39. The van der Waals surface area contributed by atoms with Crippen LogP contribution in [0.3, 0.4) is 0 Å². The summed E-state index contributed by atoms with van der Waals surface area (Å²) in [6, 6.07) is 18.7. The maximum atomic E-state index is 12.7. The van der Waals surface area contributed by atoms with Gasteiger partial charge in [-0.05, 0) is 25.5 Å². The molecule has 0 aromatic heterocycles. The maximum absolute atomic E-state index is 12.7. The van der Waals surface area contributed by atoms with E-state index in [0.717, 1.165) is 22.5 Å². The van der Waals surface area contributed by atoms with Crippen molar-refractivity contribution in [3.05, 3.63) is 65.9 Å². The Morgan fingerprint density at radius 2 is 1.60 bits per heavy atom. The Morgan fingerprint density at radius 1 is 1.00 bits per heavy atom. The van der Waals surface area contributed by atoms with E-state index in [0.29, 0.717) is 0 Å². The lowest BCUT2D eigenvalue weighted by atomic mass is 10.0. The van der Waals surface area contributed by atoms with Crippen molar-refractivity contribution < 1.29 is 4.79 Å². The Hall–Kier alpha value is -2.59. The minimum absolute atomic E-state index is 0.0266. The Bertz CT molecular complexity index is 811. The summed E-state index contributed by atoms with van der Waals surface area (Å²) >= 11 is 0. The first-order valence-corrected chi connectivity index (χ1v) is 8.53. The summed E-state index contributed by atoms with van der Waals surface area (Å²) in [7, 11) is 5.64. The second-order valence-corrected chi connectivity index (χ2v) is 6.64. The van der Waals surface area contributed by atoms with Crippen molar-refractivity contribution in [1.82, 2.24) is 9.91 Å². The standard InChI is InChI=1S/C21H25N3O/c1-15-20(21(25)22(3)4)16(2)24(23(15)5)19-14-10-9-13-18(19)17-11-7-6-8-12-17/h6-15H,1-5H3. The lowest BCUT2D eigenvalue weighted by molar-refractivity contribution is -0.125.